The molecule has 0 spiro atoms. The molecule has 2 fully saturated rings. The number of rotatable bonds is 6. The van der Waals surface area contributed by atoms with E-state index in [-0.39, 0.29) is 5.92 Å². The molecule has 8 heteroatoms. The van der Waals surface area contributed by atoms with Gasteiger partial charge in [0.25, 0.3) is 0 Å². The summed E-state index contributed by atoms with van der Waals surface area (Å²) in [6, 6.07) is 10.8. The standard InChI is InChI=1S/C26H30FN7/c1-16-11-20(13-34-10-9-21(27)14-34)24-25(29-16)23(30-31-24)19-8-4-7-18(12-19)22(17-5-3-6-17)26-32-28-15-33(26)2/h4,7-8,11-12,15,17,21-22H,3,5-6,9-10,13-14H2,1-2H3,(H,30,31)/t21-,22+/m0/s1. The molecule has 34 heavy (non-hydrogen) atoms. The summed E-state index contributed by atoms with van der Waals surface area (Å²) in [5, 5.41) is 16.5. The third-order valence-electron chi connectivity index (χ3n) is 7.51. The highest BCUT2D eigenvalue weighted by Gasteiger charge is 2.33. The van der Waals surface area contributed by atoms with Gasteiger partial charge in [0.1, 0.15) is 29.4 Å². The number of aromatic amines is 1. The predicted molar refractivity (Wildman–Crippen MR) is 129 cm³/mol. The van der Waals surface area contributed by atoms with Crippen LogP contribution in [0.2, 0.25) is 0 Å². The summed E-state index contributed by atoms with van der Waals surface area (Å²) >= 11 is 0. The van der Waals surface area contributed by atoms with Gasteiger partial charge >= 0.3 is 0 Å². The molecule has 0 amide bonds. The number of halogens is 1. The van der Waals surface area contributed by atoms with Crippen molar-refractivity contribution in [2.24, 2.45) is 13.0 Å². The number of alkyl halides is 1. The van der Waals surface area contributed by atoms with Crippen LogP contribution in [0.3, 0.4) is 0 Å². The second-order valence-corrected chi connectivity index (χ2v) is 9.93. The number of nitrogens with zero attached hydrogens (tertiary/aromatic N) is 6. The maximum absolute atomic E-state index is 13.7. The second-order valence-electron chi connectivity index (χ2n) is 9.93. The summed E-state index contributed by atoms with van der Waals surface area (Å²) in [4.78, 5) is 7.01. The molecule has 4 aromatic rings. The van der Waals surface area contributed by atoms with E-state index in [1.165, 1.54) is 24.8 Å². The van der Waals surface area contributed by atoms with Gasteiger partial charge in [-0.3, -0.25) is 10.00 Å². The van der Waals surface area contributed by atoms with Gasteiger partial charge in [0.15, 0.2) is 0 Å². The number of pyridine rings is 1. The van der Waals surface area contributed by atoms with E-state index < -0.39 is 6.17 Å². The number of fused-ring (bicyclic) bond motifs is 1. The Morgan fingerprint density at radius 3 is 2.76 bits per heavy atom. The van der Waals surface area contributed by atoms with Crippen LogP contribution in [0.15, 0.2) is 36.7 Å². The van der Waals surface area contributed by atoms with Crippen LogP contribution in [0.25, 0.3) is 22.3 Å². The van der Waals surface area contributed by atoms with Crippen molar-refractivity contribution in [1.82, 2.24) is 34.8 Å². The maximum Gasteiger partial charge on any atom is 0.140 e. The summed E-state index contributed by atoms with van der Waals surface area (Å²) in [5.74, 6) is 1.83. The van der Waals surface area contributed by atoms with Crippen LogP contribution in [0.4, 0.5) is 4.39 Å². The quantitative estimate of drug-likeness (QED) is 0.458. The van der Waals surface area contributed by atoms with E-state index in [1.807, 2.05) is 18.5 Å². The summed E-state index contributed by atoms with van der Waals surface area (Å²) in [6.45, 7) is 3.99. The Bertz CT molecular complexity index is 1320. The van der Waals surface area contributed by atoms with Crippen molar-refractivity contribution in [1.29, 1.82) is 0 Å². The van der Waals surface area contributed by atoms with Gasteiger partial charge in [-0.1, -0.05) is 24.6 Å². The number of aromatic nitrogens is 6. The molecule has 2 aliphatic rings. The topological polar surface area (TPSA) is 75.5 Å². The highest BCUT2D eigenvalue weighted by Crippen LogP contribution is 2.43. The molecule has 1 aliphatic carbocycles. The molecule has 2 atom stereocenters. The zero-order chi connectivity index (χ0) is 23.2. The van der Waals surface area contributed by atoms with E-state index in [4.69, 9.17) is 4.98 Å². The van der Waals surface area contributed by atoms with Gasteiger partial charge in [-0.15, -0.1) is 10.2 Å². The lowest BCUT2D eigenvalue weighted by Gasteiger charge is -2.33. The fraction of sp³-hybridized carbons (Fsp3) is 0.462. The summed E-state index contributed by atoms with van der Waals surface area (Å²) in [6.07, 6.45) is 5.38. The zero-order valence-electron chi connectivity index (χ0n) is 19.7. The van der Waals surface area contributed by atoms with E-state index >= 15 is 0 Å². The minimum atomic E-state index is -0.728. The first-order chi connectivity index (χ1) is 16.6. The zero-order valence-corrected chi connectivity index (χ0v) is 19.7. The van der Waals surface area contributed by atoms with Crippen molar-refractivity contribution < 1.29 is 4.39 Å². The van der Waals surface area contributed by atoms with E-state index in [1.54, 1.807) is 6.33 Å². The molecule has 3 aromatic heterocycles. The van der Waals surface area contributed by atoms with Gasteiger partial charge in [0.05, 0.1) is 5.69 Å². The van der Waals surface area contributed by atoms with Crippen LogP contribution in [0.1, 0.15) is 54.2 Å². The van der Waals surface area contributed by atoms with Crippen molar-refractivity contribution in [2.45, 2.75) is 51.2 Å². The van der Waals surface area contributed by atoms with E-state index in [0.717, 1.165) is 45.9 Å². The SMILES string of the molecule is Cc1cc(CN2CC[C@H](F)C2)c2n[nH]c(-c3cccc([C@H](c4nncn4C)C4CCC4)c3)c2n1. The van der Waals surface area contributed by atoms with Crippen LogP contribution < -0.4 is 0 Å². The smallest absolute Gasteiger partial charge is 0.140 e. The fourth-order valence-electron chi connectivity index (χ4n) is 5.56. The maximum atomic E-state index is 13.7. The molecule has 176 valence electrons. The lowest BCUT2D eigenvalue weighted by Crippen LogP contribution is -2.24. The molecule has 0 radical (unpaired) electrons. The average Bonchev–Trinajstić information content (AvgIpc) is 3.51. The Morgan fingerprint density at radius 2 is 2.06 bits per heavy atom. The summed E-state index contributed by atoms with van der Waals surface area (Å²) in [5.41, 5.74) is 7.04. The third-order valence-corrected chi connectivity index (χ3v) is 7.51. The molecule has 6 rings (SSSR count). The van der Waals surface area contributed by atoms with Crippen molar-refractivity contribution in [3.05, 3.63) is 59.3 Å². The lowest BCUT2D eigenvalue weighted by atomic mass is 9.72. The van der Waals surface area contributed by atoms with Gasteiger partial charge < -0.3 is 4.57 Å². The highest BCUT2D eigenvalue weighted by molar-refractivity contribution is 5.91. The van der Waals surface area contributed by atoms with Crippen molar-refractivity contribution in [3.63, 3.8) is 0 Å². The first-order valence-corrected chi connectivity index (χ1v) is 12.2. The Balaban J connectivity index is 1.39. The molecular formula is C26H30FN7. The van der Waals surface area contributed by atoms with E-state index in [9.17, 15) is 4.39 Å². The largest absolute Gasteiger partial charge is 0.320 e. The summed E-state index contributed by atoms with van der Waals surface area (Å²) < 4.78 is 15.8. The third kappa shape index (κ3) is 3.79. The van der Waals surface area contributed by atoms with Crippen LogP contribution in [0, 0.1) is 12.8 Å². The Hall–Kier alpha value is -3.13. The average molecular weight is 460 g/mol. The summed E-state index contributed by atoms with van der Waals surface area (Å²) in [7, 11) is 2.02. The number of hydrogen-bond acceptors (Lipinski definition) is 5. The van der Waals surface area contributed by atoms with E-state index in [0.29, 0.717) is 25.4 Å². The van der Waals surface area contributed by atoms with E-state index in [2.05, 4.69) is 55.6 Å². The molecule has 1 saturated heterocycles. The second kappa shape index (κ2) is 8.58. The molecule has 1 N–H and O–H groups in total. The molecule has 0 bridgehead atoms. The van der Waals surface area contributed by atoms with Crippen molar-refractivity contribution >= 4 is 11.0 Å². The van der Waals surface area contributed by atoms with Gasteiger partial charge in [0, 0.05) is 43.9 Å². The van der Waals surface area contributed by atoms with Crippen molar-refractivity contribution in [2.75, 3.05) is 13.1 Å². The first kappa shape index (κ1) is 21.4. The Morgan fingerprint density at radius 1 is 1.18 bits per heavy atom. The Labute approximate surface area is 198 Å². The van der Waals surface area contributed by atoms with Gasteiger partial charge in [0.2, 0.25) is 0 Å². The number of H-pyrrole nitrogens is 1. The van der Waals surface area contributed by atoms with Gasteiger partial charge in [-0.05, 0) is 55.4 Å². The van der Waals surface area contributed by atoms with Gasteiger partial charge in [-0.25, -0.2) is 9.37 Å². The Kier molecular flexibility index (Phi) is 5.40. The van der Waals surface area contributed by atoms with Crippen molar-refractivity contribution in [3.8, 4) is 11.3 Å². The molecular weight excluding hydrogens is 429 g/mol. The van der Waals surface area contributed by atoms with Crippen LogP contribution in [-0.4, -0.2) is 54.1 Å². The number of nitrogens with one attached hydrogen (secondary N) is 1. The molecule has 0 unspecified atom stereocenters. The number of hydrogen-bond donors (Lipinski definition) is 1. The minimum absolute atomic E-state index is 0.226. The van der Waals surface area contributed by atoms with Gasteiger partial charge in [-0.2, -0.15) is 5.10 Å². The first-order valence-electron chi connectivity index (χ1n) is 12.2. The predicted octanol–water partition coefficient (Wildman–Crippen LogP) is 4.54. The molecule has 1 aliphatic heterocycles. The van der Waals surface area contributed by atoms with Crippen LogP contribution >= 0.6 is 0 Å². The monoisotopic (exact) mass is 459 g/mol. The minimum Gasteiger partial charge on any atom is -0.320 e. The molecule has 4 heterocycles. The lowest BCUT2D eigenvalue weighted by molar-refractivity contribution is 0.274. The molecule has 7 nitrogen and oxygen atoms in total. The highest BCUT2D eigenvalue weighted by atomic mass is 19.1. The van der Waals surface area contributed by atoms with Crippen LogP contribution in [-0.2, 0) is 13.6 Å². The number of aryl methyl sites for hydroxylation is 2. The number of likely N-dealkylation sites (tertiary alicyclic amines) is 1. The normalized spacial score (nSPS) is 20.1. The molecule has 1 aromatic carbocycles. The number of benzene rings is 1. The fourth-order valence-corrected chi connectivity index (χ4v) is 5.56. The molecule has 1 saturated carbocycles. The van der Waals surface area contributed by atoms with Crippen LogP contribution in [0.5, 0.6) is 0 Å².